The minimum absolute atomic E-state index is 0.122. The molecule has 2 aromatic rings. The number of nitrogens with zero attached hydrogens (tertiary/aromatic N) is 2. The number of aromatic nitrogens is 2. The predicted molar refractivity (Wildman–Crippen MR) is 69.4 cm³/mol. The van der Waals surface area contributed by atoms with Crippen LogP contribution >= 0.6 is 18.9 Å². The molecular weight excluding hydrogens is 255 g/mol. The summed E-state index contributed by atoms with van der Waals surface area (Å²) in [6, 6.07) is 9.19. The van der Waals surface area contributed by atoms with Gasteiger partial charge in [0.05, 0.1) is 12.3 Å². The second kappa shape index (κ2) is 5.08. The minimum Gasteiger partial charge on any atom is -0.319 e. The third-order valence-corrected chi connectivity index (χ3v) is 5.92. The molecule has 0 aliphatic carbocycles. The van der Waals surface area contributed by atoms with Crippen LogP contribution in [0.5, 0.6) is 0 Å². The molecule has 1 atom stereocenters. The van der Waals surface area contributed by atoms with E-state index in [0.717, 1.165) is 11.5 Å². The summed E-state index contributed by atoms with van der Waals surface area (Å²) >= 11 is 1.12. The Morgan fingerprint density at radius 2 is 2.00 bits per heavy atom. The van der Waals surface area contributed by atoms with Crippen molar-refractivity contribution in [3.63, 3.8) is 0 Å². The first-order chi connectivity index (χ1) is 8.13. The fourth-order valence-corrected chi connectivity index (χ4v) is 4.55. The van der Waals surface area contributed by atoms with Crippen molar-refractivity contribution >= 4 is 28.8 Å². The molecule has 90 valence electrons. The quantitative estimate of drug-likeness (QED) is 0.798. The molecule has 0 fully saturated rings. The van der Waals surface area contributed by atoms with E-state index >= 15 is 0 Å². The average molecular weight is 268 g/mol. The SMILES string of the molecule is CC(C)OP(=O)(c1ccccc1)c1cnns1. The lowest BCUT2D eigenvalue weighted by Gasteiger charge is -2.19. The van der Waals surface area contributed by atoms with Crippen LogP contribution in [0.2, 0.25) is 0 Å². The average Bonchev–Trinajstić information content (AvgIpc) is 2.83. The van der Waals surface area contributed by atoms with E-state index in [9.17, 15) is 4.57 Å². The van der Waals surface area contributed by atoms with Gasteiger partial charge in [0.2, 0.25) is 0 Å². The number of hydrogen-bond donors (Lipinski definition) is 0. The highest BCUT2D eigenvalue weighted by Crippen LogP contribution is 2.46. The summed E-state index contributed by atoms with van der Waals surface area (Å²) in [4.78, 5) is 0. The zero-order valence-electron chi connectivity index (χ0n) is 9.61. The molecule has 0 saturated heterocycles. The van der Waals surface area contributed by atoms with Crippen LogP contribution in [-0.2, 0) is 9.09 Å². The van der Waals surface area contributed by atoms with E-state index in [1.165, 1.54) is 6.20 Å². The largest absolute Gasteiger partial charge is 0.319 e. The Morgan fingerprint density at radius 1 is 1.29 bits per heavy atom. The molecule has 0 spiro atoms. The van der Waals surface area contributed by atoms with Crippen LogP contribution in [0.4, 0.5) is 0 Å². The number of hydrogen-bond acceptors (Lipinski definition) is 5. The maximum absolute atomic E-state index is 13.0. The summed E-state index contributed by atoms with van der Waals surface area (Å²) in [6.07, 6.45) is 1.39. The van der Waals surface area contributed by atoms with Gasteiger partial charge in [-0.25, -0.2) is 0 Å². The van der Waals surface area contributed by atoms with Crippen molar-refractivity contribution in [2.45, 2.75) is 20.0 Å². The van der Waals surface area contributed by atoms with Crippen LogP contribution < -0.4 is 9.92 Å². The van der Waals surface area contributed by atoms with Crippen LogP contribution in [-0.4, -0.2) is 15.7 Å². The molecule has 1 heterocycles. The Balaban J connectivity index is 2.49. The van der Waals surface area contributed by atoms with E-state index in [-0.39, 0.29) is 6.10 Å². The summed E-state index contributed by atoms with van der Waals surface area (Å²) in [7, 11) is -3.04. The molecule has 0 radical (unpaired) electrons. The van der Waals surface area contributed by atoms with Gasteiger partial charge in [-0.05, 0) is 37.5 Å². The van der Waals surface area contributed by atoms with Crippen molar-refractivity contribution < 1.29 is 9.09 Å². The lowest BCUT2D eigenvalue weighted by molar-refractivity contribution is 0.254. The van der Waals surface area contributed by atoms with Gasteiger partial charge in [0.1, 0.15) is 4.62 Å². The van der Waals surface area contributed by atoms with E-state index in [0.29, 0.717) is 9.92 Å². The maximum atomic E-state index is 13.0. The highest BCUT2D eigenvalue weighted by molar-refractivity contribution is 7.78. The van der Waals surface area contributed by atoms with Crippen molar-refractivity contribution in [3.05, 3.63) is 36.5 Å². The molecule has 0 aliphatic heterocycles. The van der Waals surface area contributed by atoms with E-state index in [4.69, 9.17) is 4.52 Å². The Labute approximate surface area is 104 Å². The monoisotopic (exact) mass is 268 g/mol. The van der Waals surface area contributed by atoms with Crippen molar-refractivity contribution in [1.29, 1.82) is 0 Å². The lowest BCUT2D eigenvalue weighted by Crippen LogP contribution is -2.18. The van der Waals surface area contributed by atoms with Crippen molar-refractivity contribution in [1.82, 2.24) is 9.59 Å². The molecule has 0 N–H and O–H groups in total. The van der Waals surface area contributed by atoms with Crippen LogP contribution in [0.3, 0.4) is 0 Å². The van der Waals surface area contributed by atoms with Crippen molar-refractivity contribution in [3.8, 4) is 0 Å². The van der Waals surface area contributed by atoms with Crippen molar-refractivity contribution in [2.75, 3.05) is 0 Å². The first-order valence-electron chi connectivity index (χ1n) is 5.25. The van der Waals surface area contributed by atoms with Gasteiger partial charge in [-0.2, -0.15) is 0 Å². The lowest BCUT2D eigenvalue weighted by atomic mass is 10.4. The van der Waals surface area contributed by atoms with Crippen LogP contribution in [0.15, 0.2) is 36.5 Å². The van der Waals surface area contributed by atoms with Gasteiger partial charge in [0.25, 0.3) is 7.37 Å². The Morgan fingerprint density at radius 3 is 2.53 bits per heavy atom. The molecule has 2 rings (SSSR count). The van der Waals surface area contributed by atoms with Crippen molar-refractivity contribution in [2.24, 2.45) is 0 Å². The summed E-state index contributed by atoms with van der Waals surface area (Å²) in [5.74, 6) is 0. The molecule has 0 aliphatic rings. The minimum atomic E-state index is -3.04. The summed E-state index contributed by atoms with van der Waals surface area (Å²) in [5.41, 5.74) is 0. The van der Waals surface area contributed by atoms with Gasteiger partial charge in [0.15, 0.2) is 0 Å². The molecular formula is C11H13N2O2PS. The van der Waals surface area contributed by atoms with Gasteiger partial charge in [0, 0.05) is 5.30 Å². The number of benzene rings is 1. The predicted octanol–water partition coefficient (Wildman–Crippen LogP) is 2.19. The van der Waals surface area contributed by atoms with Gasteiger partial charge >= 0.3 is 0 Å². The van der Waals surface area contributed by atoms with Gasteiger partial charge in [-0.15, -0.1) is 5.10 Å². The van der Waals surface area contributed by atoms with Crippen LogP contribution in [0.1, 0.15) is 13.8 Å². The highest BCUT2D eigenvalue weighted by atomic mass is 32.1. The van der Waals surface area contributed by atoms with Gasteiger partial charge in [-0.1, -0.05) is 22.7 Å². The zero-order chi connectivity index (χ0) is 12.3. The summed E-state index contributed by atoms with van der Waals surface area (Å²) in [6.45, 7) is 3.73. The second-order valence-electron chi connectivity index (χ2n) is 3.80. The standard InChI is InChI=1S/C11H13N2O2PS/c1-9(2)15-16(14,11-8-12-13-17-11)10-6-4-3-5-7-10/h3-9H,1-2H3. The van der Waals surface area contributed by atoms with E-state index in [2.05, 4.69) is 9.59 Å². The third kappa shape index (κ3) is 2.63. The van der Waals surface area contributed by atoms with Crippen LogP contribution in [0, 0.1) is 0 Å². The second-order valence-corrected chi connectivity index (χ2v) is 7.20. The molecule has 17 heavy (non-hydrogen) atoms. The fourth-order valence-electron chi connectivity index (χ4n) is 1.45. The Hall–Kier alpha value is -1.03. The smallest absolute Gasteiger partial charge is 0.274 e. The molecule has 1 aromatic heterocycles. The van der Waals surface area contributed by atoms with E-state index < -0.39 is 7.37 Å². The van der Waals surface area contributed by atoms with E-state index in [1.54, 1.807) is 0 Å². The number of rotatable bonds is 4. The molecule has 0 saturated carbocycles. The topological polar surface area (TPSA) is 52.1 Å². The molecule has 1 unspecified atom stereocenters. The van der Waals surface area contributed by atoms with Gasteiger partial charge < -0.3 is 4.52 Å². The molecule has 0 bridgehead atoms. The zero-order valence-corrected chi connectivity index (χ0v) is 11.3. The Bertz CT molecular complexity index is 514. The summed E-state index contributed by atoms with van der Waals surface area (Å²) in [5, 5.41) is 4.42. The fraction of sp³-hybridized carbons (Fsp3) is 0.273. The third-order valence-electron chi connectivity index (χ3n) is 2.10. The molecule has 0 amide bonds. The van der Waals surface area contributed by atoms with Gasteiger partial charge in [-0.3, -0.25) is 4.57 Å². The molecule has 1 aromatic carbocycles. The maximum Gasteiger partial charge on any atom is 0.274 e. The first kappa shape index (κ1) is 12.4. The van der Waals surface area contributed by atoms with E-state index in [1.807, 2.05) is 44.2 Å². The summed E-state index contributed by atoms with van der Waals surface area (Å²) < 4.78 is 23.0. The normalized spacial score (nSPS) is 14.8. The Kier molecular flexibility index (Phi) is 3.72. The highest BCUT2D eigenvalue weighted by Gasteiger charge is 2.31. The molecule has 6 heteroatoms. The molecule has 4 nitrogen and oxygen atoms in total. The van der Waals surface area contributed by atoms with Crippen LogP contribution in [0.25, 0.3) is 0 Å². The first-order valence-corrected chi connectivity index (χ1v) is 7.65.